The molecule has 2 unspecified atom stereocenters. The number of thiazole rings is 1. The SMILES string of the molecule is O=C(Cc1nc2ccccc2s1)C1C2CCCC21. The highest BCUT2D eigenvalue weighted by Gasteiger charge is 2.55. The summed E-state index contributed by atoms with van der Waals surface area (Å²) < 4.78 is 1.19. The summed E-state index contributed by atoms with van der Waals surface area (Å²) in [6.07, 6.45) is 4.44. The molecule has 2 atom stereocenters. The summed E-state index contributed by atoms with van der Waals surface area (Å²) >= 11 is 1.67. The minimum Gasteiger partial charge on any atom is -0.299 e. The van der Waals surface area contributed by atoms with Crippen molar-refractivity contribution in [2.24, 2.45) is 17.8 Å². The maximum absolute atomic E-state index is 12.2. The van der Waals surface area contributed by atoms with Crippen LogP contribution >= 0.6 is 11.3 Å². The number of hydrogen-bond donors (Lipinski definition) is 0. The second-order valence-corrected chi connectivity index (χ2v) is 6.62. The lowest BCUT2D eigenvalue weighted by molar-refractivity contribution is -0.120. The maximum atomic E-state index is 12.2. The third-order valence-electron chi connectivity index (χ3n) is 4.44. The van der Waals surface area contributed by atoms with Crippen LogP contribution < -0.4 is 0 Å². The molecule has 2 saturated carbocycles. The lowest BCUT2D eigenvalue weighted by Gasteiger charge is -2.00. The van der Waals surface area contributed by atoms with E-state index in [0.29, 0.717) is 18.1 Å². The molecule has 0 spiro atoms. The number of ketones is 1. The van der Waals surface area contributed by atoms with Crippen LogP contribution in [0.2, 0.25) is 0 Å². The summed E-state index contributed by atoms with van der Waals surface area (Å²) in [5.74, 6) is 2.27. The van der Waals surface area contributed by atoms with Crippen molar-refractivity contribution < 1.29 is 4.79 Å². The van der Waals surface area contributed by atoms with Crippen molar-refractivity contribution in [3.63, 3.8) is 0 Å². The van der Waals surface area contributed by atoms with Gasteiger partial charge >= 0.3 is 0 Å². The first kappa shape index (κ1) is 10.7. The molecule has 0 saturated heterocycles. The molecule has 0 bridgehead atoms. The maximum Gasteiger partial charge on any atom is 0.143 e. The Labute approximate surface area is 110 Å². The average Bonchev–Trinajstić information content (AvgIpc) is 2.77. The highest BCUT2D eigenvalue weighted by molar-refractivity contribution is 7.18. The Hall–Kier alpha value is -1.22. The van der Waals surface area contributed by atoms with E-state index in [1.807, 2.05) is 18.2 Å². The number of Topliss-reactive ketones (excluding diaryl/α,β-unsaturated/α-hetero) is 1. The molecule has 2 aromatic rings. The van der Waals surface area contributed by atoms with Gasteiger partial charge < -0.3 is 0 Å². The number of benzene rings is 1. The minimum atomic E-state index is 0.380. The Morgan fingerprint density at radius 3 is 2.83 bits per heavy atom. The standard InChI is InChI=1S/C15H15NOS/c17-12(15-9-4-3-5-10(9)15)8-14-16-11-6-1-2-7-13(11)18-14/h1-2,6-7,9-10,15H,3-5,8H2. The zero-order valence-electron chi connectivity index (χ0n) is 10.1. The molecular weight excluding hydrogens is 242 g/mol. The molecule has 0 aliphatic heterocycles. The summed E-state index contributed by atoms with van der Waals surface area (Å²) in [4.78, 5) is 16.8. The van der Waals surface area contributed by atoms with Crippen LogP contribution in [0.5, 0.6) is 0 Å². The summed E-state index contributed by atoms with van der Waals surface area (Å²) in [5.41, 5.74) is 1.03. The van der Waals surface area contributed by atoms with Crippen LogP contribution in [0.15, 0.2) is 24.3 Å². The quantitative estimate of drug-likeness (QED) is 0.843. The number of para-hydroxylation sites is 1. The van der Waals surface area contributed by atoms with Gasteiger partial charge in [-0.05, 0) is 36.8 Å². The number of carbonyl (C=O) groups is 1. The van der Waals surface area contributed by atoms with Gasteiger partial charge in [-0.15, -0.1) is 11.3 Å². The van der Waals surface area contributed by atoms with E-state index in [9.17, 15) is 4.79 Å². The van der Waals surface area contributed by atoms with Crippen molar-refractivity contribution in [3.05, 3.63) is 29.3 Å². The molecule has 0 amide bonds. The van der Waals surface area contributed by atoms with E-state index in [4.69, 9.17) is 0 Å². The number of carbonyl (C=O) groups excluding carboxylic acids is 1. The Bertz CT molecular complexity index is 575. The predicted octanol–water partition coefficient (Wildman–Crippen LogP) is 3.45. The number of hydrogen-bond acceptors (Lipinski definition) is 3. The van der Waals surface area contributed by atoms with E-state index in [1.54, 1.807) is 11.3 Å². The second-order valence-electron chi connectivity index (χ2n) is 5.50. The first-order chi connectivity index (χ1) is 8.83. The normalized spacial score (nSPS) is 29.4. The topological polar surface area (TPSA) is 30.0 Å². The van der Waals surface area contributed by atoms with Gasteiger partial charge in [0.05, 0.1) is 16.6 Å². The van der Waals surface area contributed by atoms with E-state index < -0.39 is 0 Å². The molecular formula is C15H15NOS. The number of rotatable bonds is 3. The van der Waals surface area contributed by atoms with Crippen molar-refractivity contribution in [1.29, 1.82) is 0 Å². The summed E-state index contributed by atoms with van der Waals surface area (Å²) in [5, 5.41) is 0.992. The third kappa shape index (κ3) is 1.61. The lowest BCUT2D eigenvalue weighted by atomic mass is 10.1. The Balaban J connectivity index is 1.52. The fourth-order valence-corrected chi connectivity index (χ4v) is 4.54. The average molecular weight is 257 g/mol. The van der Waals surface area contributed by atoms with E-state index in [-0.39, 0.29) is 0 Å². The van der Waals surface area contributed by atoms with E-state index in [0.717, 1.165) is 22.4 Å². The molecule has 0 radical (unpaired) electrons. The smallest absolute Gasteiger partial charge is 0.143 e. The predicted molar refractivity (Wildman–Crippen MR) is 72.7 cm³/mol. The van der Waals surface area contributed by atoms with Gasteiger partial charge in [0.25, 0.3) is 0 Å². The van der Waals surface area contributed by atoms with Crippen LogP contribution in [0.4, 0.5) is 0 Å². The Morgan fingerprint density at radius 2 is 2.06 bits per heavy atom. The van der Waals surface area contributed by atoms with Crippen molar-refractivity contribution in [2.75, 3.05) is 0 Å². The van der Waals surface area contributed by atoms with Gasteiger partial charge in [-0.1, -0.05) is 18.6 Å². The lowest BCUT2D eigenvalue weighted by Crippen LogP contribution is -2.08. The zero-order valence-corrected chi connectivity index (χ0v) is 11.0. The molecule has 2 fully saturated rings. The van der Waals surface area contributed by atoms with Crippen molar-refractivity contribution >= 4 is 27.3 Å². The van der Waals surface area contributed by atoms with Crippen molar-refractivity contribution in [2.45, 2.75) is 25.7 Å². The Kier molecular flexibility index (Phi) is 2.31. The molecule has 1 aromatic heterocycles. The van der Waals surface area contributed by atoms with E-state index in [2.05, 4.69) is 11.1 Å². The van der Waals surface area contributed by atoms with Gasteiger partial charge in [0.15, 0.2) is 0 Å². The summed E-state index contributed by atoms with van der Waals surface area (Å²) in [6, 6.07) is 8.12. The number of fused-ring (bicyclic) bond motifs is 2. The summed E-state index contributed by atoms with van der Waals surface area (Å²) in [6.45, 7) is 0. The molecule has 2 aliphatic rings. The van der Waals surface area contributed by atoms with Crippen LogP contribution in [0.25, 0.3) is 10.2 Å². The van der Waals surface area contributed by atoms with Gasteiger partial charge in [-0.25, -0.2) is 4.98 Å². The first-order valence-corrected chi connectivity index (χ1v) is 7.52. The molecule has 0 N–H and O–H groups in total. The molecule has 18 heavy (non-hydrogen) atoms. The zero-order chi connectivity index (χ0) is 12.1. The van der Waals surface area contributed by atoms with Crippen molar-refractivity contribution in [1.82, 2.24) is 4.98 Å². The monoisotopic (exact) mass is 257 g/mol. The molecule has 4 rings (SSSR count). The van der Waals surface area contributed by atoms with Gasteiger partial charge in [0.1, 0.15) is 10.8 Å². The van der Waals surface area contributed by atoms with Crippen LogP contribution in [0, 0.1) is 17.8 Å². The Morgan fingerprint density at radius 1 is 1.28 bits per heavy atom. The first-order valence-electron chi connectivity index (χ1n) is 6.70. The van der Waals surface area contributed by atoms with Crippen molar-refractivity contribution in [3.8, 4) is 0 Å². The molecule has 2 nitrogen and oxygen atoms in total. The molecule has 1 aromatic carbocycles. The highest BCUT2D eigenvalue weighted by Crippen LogP contribution is 2.58. The largest absolute Gasteiger partial charge is 0.299 e. The second kappa shape index (κ2) is 3.89. The molecule has 1 heterocycles. The number of aromatic nitrogens is 1. The fourth-order valence-electron chi connectivity index (χ4n) is 3.56. The highest BCUT2D eigenvalue weighted by atomic mass is 32.1. The molecule has 3 heteroatoms. The van der Waals surface area contributed by atoms with Crippen LogP contribution in [0.3, 0.4) is 0 Å². The molecule has 92 valence electrons. The van der Waals surface area contributed by atoms with Crippen LogP contribution in [-0.2, 0) is 11.2 Å². The summed E-state index contributed by atoms with van der Waals surface area (Å²) in [7, 11) is 0. The van der Waals surface area contributed by atoms with E-state index in [1.165, 1.54) is 24.0 Å². The third-order valence-corrected chi connectivity index (χ3v) is 5.48. The fraction of sp³-hybridized carbons (Fsp3) is 0.467. The van der Waals surface area contributed by atoms with Gasteiger partial charge in [-0.2, -0.15) is 0 Å². The van der Waals surface area contributed by atoms with Gasteiger partial charge in [0.2, 0.25) is 0 Å². The van der Waals surface area contributed by atoms with Crippen LogP contribution in [0.1, 0.15) is 24.3 Å². The van der Waals surface area contributed by atoms with E-state index >= 15 is 0 Å². The minimum absolute atomic E-state index is 0.380. The van der Waals surface area contributed by atoms with Gasteiger partial charge in [-0.3, -0.25) is 4.79 Å². The van der Waals surface area contributed by atoms with Crippen LogP contribution in [-0.4, -0.2) is 10.8 Å². The number of nitrogens with zero attached hydrogens (tertiary/aromatic N) is 1. The van der Waals surface area contributed by atoms with Gasteiger partial charge in [0, 0.05) is 5.92 Å². The molecule has 2 aliphatic carbocycles.